The second kappa shape index (κ2) is 7.85. The molecule has 1 aromatic carbocycles. The van der Waals surface area contributed by atoms with Gasteiger partial charge in [0.1, 0.15) is 6.54 Å². The number of carbonyl (C=O) groups excluding carboxylic acids is 2. The molecule has 0 radical (unpaired) electrons. The first kappa shape index (κ1) is 17.3. The van der Waals surface area contributed by atoms with Gasteiger partial charge in [0.15, 0.2) is 0 Å². The number of methoxy groups -OCH3 is 1. The standard InChI is InChI=1S/C14H20ClN3O3/c1-17(2)13(19)9-18(6-7-21-3)14(20)11-8-10(16)4-5-12(11)15/h4-5,8H,6-7,9,16H2,1-3H3. The van der Waals surface area contributed by atoms with Crippen LogP contribution in [0.4, 0.5) is 5.69 Å². The summed E-state index contributed by atoms with van der Waals surface area (Å²) in [4.78, 5) is 27.2. The van der Waals surface area contributed by atoms with Crippen molar-refractivity contribution in [2.45, 2.75) is 0 Å². The van der Waals surface area contributed by atoms with E-state index in [1.165, 1.54) is 23.0 Å². The SMILES string of the molecule is COCCN(CC(=O)N(C)C)C(=O)c1cc(N)ccc1Cl. The Morgan fingerprint density at radius 3 is 2.57 bits per heavy atom. The maximum atomic E-state index is 12.5. The van der Waals surface area contributed by atoms with Crippen LogP contribution in [0.25, 0.3) is 0 Å². The number of amides is 2. The lowest BCUT2D eigenvalue weighted by Crippen LogP contribution is -2.42. The van der Waals surface area contributed by atoms with E-state index in [0.717, 1.165) is 0 Å². The Morgan fingerprint density at radius 1 is 1.33 bits per heavy atom. The number of anilines is 1. The van der Waals surface area contributed by atoms with Crippen LogP contribution in [-0.4, -0.2) is 62.5 Å². The summed E-state index contributed by atoms with van der Waals surface area (Å²) in [6.07, 6.45) is 0. The highest BCUT2D eigenvalue weighted by molar-refractivity contribution is 6.34. The summed E-state index contributed by atoms with van der Waals surface area (Å²) in [7, 11) is 4.80. The fourth-order valence-corrected chi connectivity index (χ4v) is 1.83. The van der Waals surface area contributed by atoms with Gasteiger partial charge in [-0.15, -0.1) is 0 Å². The number of hydrogen-bond acceptors (Lipinski definition) is 4. The van der Waals surface area contributed by atoms with Crippen LogP contribution in [-0.2, 0) is 9.53 Å². The summed E-state index contributed by atoms with van der Waals surface area (Å²) in [5.74, 6) is -0.529. The molecule has 2 N–H and O–H groups in total. The maximum absolute atomic E-state index is 12.5. The van der Waals surface area contributed by atoms with Gasteiger partial charge in [0.05, 0.1) is 17.2 Å². The van der Waals surface area contributed by atoms with E-state index in [1.807, 2.05) is 0 Å². The highest BCUT2D eigenvalue weighted by Crippen LogP contribution is 2.20. The van der Waals surface area contributed by atoms with E-state index in [9.17, 15) is 9.59 Å². The van der Waals surface area contributed by atoms with Crippen molar-refractivity contribution in [2.75, 3.05) is 46.6 Å². The van der Waals surface area contributed by atoms with E-state index in [2.05, 4.69) is 0 Å². The zero-order valence-corrected chi connectivity index (χ0v) is 13.2. The lowest BCUT2D eigenvalue weighted by molar-refractivity contribution is -0.129. The minimum absolute atomic E-state index is 0.0413. The molecule has 0 aliphatic heterocycles. The van der Waals surface area contributed by atoms with Crippen LogP contribution >= 0.6 is 11.6 Å². The molecule has 21 heavy (non-hydrogen) atoms. The third-order valence-electron chi connectivity index (χ3n) is 2.90. The fourth-order valence-electron chi connectivity index (χ4n) is 1.64. The number of nitrogens with zero attached hydrogens (tertiary/aromatic N) is 2. The number of hydrogen-bond donors (Lipinski definition) is 1. The number of ether oxygens (including phenoxy) is 1. The quantitative estimate of drug-likeness (QED) is 0.798. The third kappa shape index (κ3) is 4.91. The number of nitrogens with two attached hydrogens (primary N) is 1. The highest BCUT2D eigenvalue weighted by atomic mass is 35.5. The predicted molar refractivity (Wildman–Crippen MR) is 82.3 cm³/mol. The summed E-state index contributed by atoms with van der Waals surface area (Å²) in [6, 6.07) is 4.68. The predicted octanol–water partition coefficient (Wildman–Crippen LogP) is 1.10. The number of likely N-dealkylation sites (N-methyl/N-ethyl adjacent to an activating group) is 1. The maximum Gasteiger partial charge on any atom is 0.255 e. The van der Waals surface area contributed by atoms with Gasteiger partial charge < -0.3 is 20.3 Å². The van der Waals surface area contributed by atoms with Gasteiger partial charge in [-0.05, 0) is 18.2 Å². The van der Waals surface area contributed by atoms with E-state index in [1.54, 1.807) is 26.2 Å². The van der Waals surface area contributed by atoms with Gasteiger partial charge in [0, 0.05) is 33.4 Å². The minimum atomic E-state index is -0.348. The largest absolute Gasteiger partial charge is 0.399 e. The molecule has 7 heteroatoms. The molecule has 0 bridgehead atoms. The van der Waals surface area contributed by atoms with Crippen molar-refractivity contribution in [1.29, 1.82) is 0 Å². The molecule has 116 valence electrons. The van der Waals surface area contributed by atoms with Crippen LogP contribution in [0.5, 0.6) is 0 Å². The Hall–Kier alpha value is -1.79. The van der Waals surface area contributed by atoms with Gasteiger partial charge >= 0.3 is 0 Å². The zero-order chi connectivity index (χ0) is 16.0. The second-order valence-corrected chi connectivity index (χ2v) is 5.15. The van der Waals surface area contributed by atoms with Crippen LogP contribution in [0.1, 0.15) is 10.4 Å². The normalized spacial score (nSPS) is 10.3. The van der Waals surface area contributed by atoms with Crippen LogP contribution in [0, 0.1) is 0 Å². The van der Waals surface area contributed by atoms with Crippen LogP contribution < -0.4 is 5.73 Å². The third-order valence-corrected chi connectivity index (χ3v) is 3.23. The van der Waals surface area contributed by atoms with Gasteiger partial charge in [0.25, 0.3) is 5.91 Å². The Labute approximate surface area is 129 Å². The van der Waals surface area contributed by atoms with Crippen molar-refractivity contribution in [3.63, 3.8) is 0 Å². The lowest BCUT2D eigenvalue weighted by atomic mass is 10.1. The number of nitrogen functional groups attached to an aromatic ring is 1. The molecule has 0 aromatic heterocycles. The van der Waals surface area contributed by atoms with E-state index < -0.39 is 0 Å². The Kier molecular flexibility index (Phi) is 6.45. The van der Waals surface area contributed by atoms with Gasteiger partial charge in [-0.2, -0.15) is 0 Å². The molecule has 0 fully saturated rings. The molecule has 0 unspecified atom stereocenters. The number of rotatable bonds is 6. The topological polar surface area (TPSA) is 75.9 Å². The molecule has 6 nitrogen and oxygen atoms in total. The molecule has 0 aliphatic carbocycles. The summed E-state index contributed by atoms with van der Waals surface area (Å²) >= 11 is 6.04. The first-order valence-corrected chi connectivity index (χ1v) is 6.78. The van der Waals surface area contributed by atoms with Crippen LogP contribution in [0.2, 0.25) is 5.02 Å². The first-order chi connectivity index (χ1) is 9.86. The van der Waals surface area contributed by atoms with Crippen molar-refractivity contribution >= 4 is 29.1 Å². The number of benzene rings is 1. The molecule has 0 saturated carbocycles. The smallest absolute Gasteiger partial charge is 0.255 e. The van der Waals surface area contributed by atoms with Gasteiger partial charge in [-0.3, -0.25) is 9.59 Å². The number of carbonyl (C=O) groups is 2. The summed E-state index contributed by atoms with van der Waals surface area (Å²) in [5, 5.41) is 0.300. The van der Waals surface area contributed by atoms with E-state index in [4.69, 9.17) is 22.1 Å². The van der Waals surface area contributed by atoms with Crippen molar-refractivity contribution in [3.8, 4) is 0 Å². The molecule has 1 aromatic rings. The molecule has 0 atom stereocenters. The van der Waals surface area contributed by atoms with E-state index in [0.29, 0.717) is 23.9 Å². The Bertz CT molecular complexity index is 520. The molecule has 1 rings (SSSR count). The summed E-state index contributed by atoms with van der Waals surface area (Å²) < 4.78 is 4.98. The van der Waals surface area contributed by atoms with E-state index >= 15 is 0 Å². The first-order valence-electron chi connectivity index (χ1n) is 6.40. The molecular weight excluding hydrogens is 294 g/mol. The van der Waals surface area contributed by atoms with Gasteiger partial charge in [-0.25, -0.2) is 0 Å². The van der Waals surface area contributed by atoms with Crippen LogP contribution in [0.15, 0.2) is 18.2 Å². The zero-order valence-electron chi connectivity index (χ0n) is 12.4. The summed E-state index contributed by atoms with van der Waals surface area (Å²) in [6.45, 7) is 0.576. The fraction of sp³-hybridized carbons (Fsp3) is 0.429. The van der Waals surface area contributed by atoms with Gasteiger partial charge in [-0.1, -0.05) is 11.6 Å². The Balaban J connectivity index is 2.98. The molecule has 0 saturated heterocycles. The van der Waals surface area contributed by atoms with Crippen molar-refractivity contribution in [3.05, 3.63) is 28.8 Å². The highest BCUT2D eigenvalue weighted by Gasteiger charge is 2.21. The monoisotopic (exact) mass is 313 g/mol. The van der Waals surface area contributed by atoms with Crippen molar-refractivity contribution in [2.24, 2.45) is 0 Å². The average Bonchev–Trinajstić information content (AvgIpc) is 2.44. The summed E-state index contributed by atoms with van der Waals surface area (Å²) in [5.41, 5.74) is 6.40. The molecular formula is C14H20ClN3O3. The molecule has 0 spiro atoms. The average molecular weight is 314 g/mol. The lowest BCUT2D eigenvalue weighted by Gasteiger charge is -2.24. The van der Waals surface area contributed by atoms with Crippen molar-refractivity contribution in [1.82, 2.24) is 9.80 Å². The minimum Gasteiger partial charge on any atom is -0.399 e. The van der Waals surface area contributed by atoms with Gasteiger partial charge in [0.2, 0.25) is 5.91 Å². The molecule has 2 amide bonds. The van der Waals surface area contributed by atoms with Crippen molar-refractivity contribution < 1.29 is 14.3 Å². The number of halogens is 1. The molecule has 0 heterocycles. The second-order valence-electron chi connectivity index (χ2n) is 4.75. The van der Waals surface area contributed by atoms with E-state index in [-0.39, 0.29) is 23.9 Å². The van der Waals surface area contributed by atoms with Crippen LogP contribution in [0.3, 0.4) is 0 Å². The molecule has 0 aliphatic rings. The Morgan fingerprint density at radius 2 is 2.00 bits per heavy atom.